The van der Waals surface area contributed by atoms with E-state index >= 15 is 0 Å². The first-order valence-electron chi connectivity index (χ1n) is 7.04. The summed E-state index contributed by atoms with van der Waals surface area (Å²) in [6, 6.07) is 0.682. The maximum atomic E-state index is 6.09. The van der Waals surface area contributed by atoms with Gasteiger partial charge in [-0.15, -0.1) is 0 Å². The van der Waals surface area contributed by atoms with E-state index in [0.717, 1.165) is 6.54 Å². The molecule has 0 aromatic rings. The summed E-state index contributed by atoms with van der Waals surface area (Å²) < 4.78 is 0. The van der Waals surface area contributed by atoms with Crippen LogP contribution in [0.5, 0.6) is 0 Å². The number of nitrogens with zero attached hydrogens (tertiary/aromatic N) is 1. The highest BCUT2D eigenvalue weighted by Crippen LogP contribution is 2.28. The number of rotatable bonds is 9. The van der Waals surface area contributed by atoms with Gasteiger partial charge in [0.05, 0.1) is 0 Å². The molecule has 16 heavy (non-hydrogen) atoms. The van der Waals surface area contributed by atoms with E-state index in [9.17, 15) is 0 Å². The smallest absolute Gasteiger partial charge is 0.0331 e. The summed E-state index contributed by atoms with van der Waals surface area (Å²) in [6.45, 7) is 9.89. The van der Waals surface area contributed by atoms with E-state index in [2.05, 4.69) is 39.6 Å². The van der Waals surface area contributed by atoms with Gasteiger partial charge in [-0.3, -0.25) is 4.90 Å². The molecule has 2 N–H and O–H groups in total. The lowest BCUT2D eigenvalue weighted by molar-refractivity contribution is 0.0551. The molecular weight excluding hydrogens is 196 g/mol. The van der Waals surface area contributed by atoms with Crippen LogP contribution in [0.4, 0.5) is 0 Å². The van der Waals surface area contributed by atoms with E-state index in [0.29, 0.717) is 6.04 Å². The maximum Gasteiger partial charge on any atom is 0.0331 e. The van der Waals surface area contributed by atoms with Gasteiger partial charge in [-0.25, -0.2) is 0 Å². The second-order valence-corrected chi connectivity index (χ2v) is 5.01. The Hall–Kier alpha value is -0.0800. The van der Waals surface area contributed by atoms with Crippen LogP contribution in [0, 0.1) is 0 Å². The molecule has 0 radical (unpaired) electrons. The van der Waals surface area contributed by atoms with Crippen LogP contribution in [0.2, 0.25) is 0 Å². The van der Waals surface area contributed by atoms with Gasteiger partial charge in [-0.2, -0.15) is 0 Å². The van der Waals surface area contributed by atoms with Gasteiger partial charge in [0.25, 0.3) is 0 Å². The Morgan fingerprint density at radius 3 is 1.69 bits per heavy atom. The van der Waals surface area contributed by atoms with Crippen molar-refractivity contribution < 1.29 is 0 Å². The molecule has 0 fully saturated rings. The molecule has 0 aliphatic carbocycles. The molecule has 0 spiro atoms. The lowest BCUT2D eigenvalue weighted by atomic mass is 9.85. The molecule has 0 rings (SSSR count). The lowest BCUT2D eigenvalue weighted by Gasteiger charge is -2.45. The summed E-state index contributed by atoms with van der Waals surface area (Å²) in [7, 11) is 2.27. The molecule has 0 aliphatic heterocycles. The Kier molecular flexibility index (Phi) is 8.04. The number of hydrogen-bond acceptors (Lipinski definition) is 2. The van der Waals surface area contributed by atoms with Crippen molar-refractivity contribution in [3.05, 3.63) is 0 Å². The Labute approximate surface area is 103 Å². The predicted molar refractivity (Wildman–Crippen MR) is 73.7 cm³/mol. The average molecular weight is 228 g/mol. The van der Waals surface area contributed by atoms with Crippen LogP contribution in [0.25, 0.3) is 0 Å². The third kappa shape index (κ3) is 3.74. The highest BCUT2D eigenvalue weighted by atomic mass is 15.2. The molecule has 98 valence electrons. The van der Waals surface area contributed by atoms with E-state index in [4.69, 9.17) is 5.73 Å². The van der Waals surface area contributed by atoms with Crippen molar-refractivity contribution >= 4 is 0 Å². The fraction of sp³-hybridized carbons (Fsp3) is 1.00. The van der Waals surface area contributed by atoms with Crippen molar-refractivity contribution in [2.75, 3.05) is 13.6 Å². The van der Waals surface area contributed by atoms with Crippen LogP contribution in [-0.2, 0) is 0 Å². The fourth-order valence-corrected chi connectivity index (χ4v) is 2.98. The fourth-order valence-electron chi connectivity index (χ4n) is 2.98. The minimum absolute atomic E-state index is 0.236. The molecule has 0 saturated heterocycles. The van der Waals surface area contributed by atoms with Crippen molar-refractivity contribution in [2.45, 2.75) is 77.8 Å². The zero-order valence-electron chi connectivity index (χ0n) is 12.1. The van der Waals surface area contributed by atoms with Crippen molar-refractivity contribution in [3.63, 3.8) is 0 Å². The molecule has 0 bridgehead atoms. The van der Waals surface area contributed by atoms with E-state index in [1.807, 2.05) is 0 Å². The van der Waals surface area contributed by atoms with Crippen LogP contribution in [0.3, 0.4) is 0 Å². The van der Waals surface area contributed by atoms with Crippen LogP contribution in [0.15, 0.2) is 0 Å². The summed E-state index contributed by atoms with van der Waals surface area (Å²) in [5, 5.41) is 0. The standard InChI is InChI=1S/C14H32N2/c1-6-10-14(12-15,11-7-2)16(5)13(8-3)9-4/h13H,6-12,15H2,1-5H3. The van der Waals surface area contributed by atoms with Gasteiger partial charge in [-0.1, -0.05) is 40.5 Å². The van der Waals surface area contributed by atoms with Gasteiger partial charge in [-0.05, 0) is 32.7 Å². The zero-order valence-corrected chi connectivity index (χ0v) is 12.1. The SMILES string of the molecule is CCCC(CN)(CCC)N(C)C(CC)CC. The predicted octanol–water partition coefficient (Wildman–Crippen LogP) is 3.40. The molecule has 0 atom stereocenters. The van der Waals surface area contributed by atoms with Gasteiger partial charge in [0.2, 0.25) is 0 Å². The molecule has 0 aromatic heterocycles. The van der Waals surface area contributed by atoms with Crippen molar-refractivity contribution in [3.8, 4) is 0 Å². The second-order valence-electron chi connectivity index (χ2n) is 5.01. The van der Waals surface area contributed by atoms with Crippen molar-refractivity contribution in [1.82, 2.24) is 4.90 Å². The quantitative estimate of drug-likeness (QED) is 0.655. The van der Waals surface area contributed by atoms with Gasteiger partial charge in [0, 0.05) is 18.1 Å². The summed E-state index contributed by atoms with van der Waals surface area (Å²) in [4.78, 5) is 2.57. The monoisotopic (exact) mass is 228 g/mol. The molecule has 2 heteroatoms. The molecule has 0 unspecified atom stereocenters. The molecule has 0 aliphatic rings. The Balaban J connectivity index is 4.82. The summed E-state index contributed by atoms with van der Waals surface area (Å²) in [5.41, 5.74) is 6.32. The zero-order chi connectivity index (χ0) is 12.6. The van der Waals surface area contributed by atoms with E-state index < -0.39 is 0 Å². The van der Waals surface area contributed by atoms with E-state index in [-0.39, 0.29) is 5.54 Å². The normalized spacial score (nSPS) is 12.8. The molecule has 2 nitrogen and oxygen atoms in total. The topological polar surface area (TPSA) is 29.3 Å². The number of hydrogen-bond donors (Lipinski definition) is 1. The van der Waals surface area contributed by atoms with Crippen LogP contribution >= 0.6 is 0 Å². The first-order chi connectivity index (χ1) is 7.61. The Morgan fingerprint density at radius 2 is 1.44 bits per heavy atom. The third-order valence-corrected chi connectivity index (χ3v) is 4.05. The molecule has 0 aromatic carbocycles. The highest BCUT2D eigenvalue weighted by molar-refractivity contribution is 4.92. The highest BCUT2D eigenvalue weighted by Gasteiger charge is 2.34. The third-order valence-electron chi connectivity index (χ3n) is 4.05. The Bertz CT molecular complexity index is 158. The first kappa shape index (κ1) is 15.9. The maximum absolute atomic E-state index is 6.09. The number of nitrogens with two attached hydrogens (primary N) is 1. The summed E-state index contributed by atoms with van der Waals surface area (Å²) >= 11 is 0. The summed E-state index contributed by atoms with van der Waals surface area (Å²) in [6.07, 6.45) is 7.35. The molecule has 0 saturated carbocycles. The van der Waals surface area contributed by atoms with Crippen LogP contribution < -0.4 is 5.73 Å². The first-order valence-corrected chi connectivity index (χ1v) is 7.04. The van der Waals surface area contributed by atoms with Gasteiger partial charge >= 0.3 is 0 Å². The van der Waals surface area contributed by atoms with Crippen molar-refractivity contribution in [2.24, 2.45) is 5.73 Å². The van der Waals surface area contributed by atoms with Crippen molar-refractivity contribution in [1.29, 1.82) is 0 Å². The minimum Gasteiger partial charge on any atom is -0.329 e. The minimum atomic E-state index is 0.236. The molecule has 0 heterocycles. The average Bonchev–Trinajstić information content (AvgIpc) is 2.30. The Morgan fingerprint density at radius 1 is 1.00 bits per heavy atom. The van der Waals surface area contributed by atoms with Gasteiger partial charge in [0.15, 0.2) is 0 Å². The van der Waals surface area contributed by atoms with Crippen LogP contribution in [0.1, 0.15) is 66.2 Å². The van der Waals surface area contributed by atoms with Gasteiger partial charge < -0.3 is 5.73 Å². The molecular formula is C14H32N2. The lowest BCUT2D eigenvalue weighted by Crippen LogP contribution is -2.55. The van der Waals surface area contributed by atoms with Gasteiger partial charge in [0.1, 0.15) is 0 Å². The second kappa shape index (κ2) is 8.08. The largest absolute Gasteiger partial charge is 0.329 e. The molecule has 0 amide bonds. The number of likely N-dealkylation sites (N-methyl/N-ethyl adjacent to an activating group) is 1. The van der Waals surface area contributed by atoms with E-state index in [1.54, 1.807) is 0 Å². The van der Waals surface area contributed by atoms with E-state index in [1.165, 1.54) is 38.5 Å². The summed E-state index contributed by atoms with van der Waals surface area (Å²) in [5.74, 6) is 0. The van der Waals surface area contributed by atoms with Crippen LogP contribution in [-0.4, -0.2) is 30.1 Å².